The summed E-state index contributed by atoms with van der Waals surface area (Å²) in [4.78, 5) is 11.9. The van der Waals surface area contributed by atoms with Gasteiger partial charge in [-0.2, -0.15) is 4.98 Å². The third-order valence-corrected chi connectivity index (χ3v) is 7.28. The molecule has 3 aliphatic rings. The number of nitrogens with zero attached hydrogens (tertiary/aromatic N) is 3. The van der Waals surface area contributed by atoms with E-state index in [1.807, 2.05) is 6.20 Å². The molecule has 178 valence electrons. The normalized spacial score (nSPS) is 25.7. The number of benzene rings is 1. The van der Waals surface area contributed by atoms with E-state index in [1.54, 1.807) is 0 Å². The van der Waals surface area contributed by atoms with Crippen molar-refractivity contribution in [1.29, 1.82) is 0 Å². The molecule has 7 heteroatoms. The van der Waals surface area contributed by atoms with Gasteiger partial charge in [-0.1, -0.05) is 19.1 Å². The fourth-order valence-corrected chi connectivity index (χ4v) is 5.06. The highest BCUT2D eigenvalue weighted by Gasteiger charge is 2.21. The van der Waals surface area contributed by atoms with Crippen LogP contribution in [0.25, 0.3) is 11.1 Å². The number of hydrogen-bond donors (Lipinski definition) is 2. The van der Waals surface area contributed by atoms with Crippen LogP contribution in [-0.2, 0) is 4.74 Å². The zero-order valence-corrected chi connectivity index (χ0v) is 19.8. The van der Waals surface area contributed by atoms with Crippen molar-refractivity contribution in [3.05, 3.63) is 30.5 Å². The monoisotopic (exact) mass is 451 g/mol. The van der Waals surface area contributed by atoms with Crippen LogP contribution in [0.3, 0.4) is 0 Å². The van der Waals surface area contributed by atoms with Crippen molar-refractivity contribution in [2.24, 2.45) is 11.8 Å². The molecule has 0 bridgehead atoms. The summed E-state index contributed by atoms with van der Waals surface area (Å²) in [5.41, 5.74) is 3.27. The Bertz CT molecular complexity index is 886. The summed E-state index contributed by atoms with van der Waals surface area (Å²) in [7, 11) is 0. The molecule has 3 fully saturated rings. The van der Waals surface area contributed by atoms with E-state index in [-0.39, 0.29) is 0 Å². The number of aromatic nitrogens is 2. The molecule has 2 saturated heterocycles. The summed E-state index contributed by atoms with van der Waals surface area (Å²) in [6, 6.07) is 9.12. The van der Waals surface area contributed by atoms with E-state index in [4.69, 9.17) is 14.5 Å². The molecular weight excluding hydrogens is 414 g/mol. The molecule has 0 amide bonds. The Labute approximate surface area is 197 Å². The van der Waals surface area contributed by atoms with Gasteiger partial charge in [-0.25, -0.2) is 4.98 Å². The maximum atomic E-state index is 6.31. The van der Waals surface area contributed by atoms with Crippen LogP contribution in [0.4, 0.5) is 11.6 Å². The SMILES string of the molecule is CC1CCC(Nc2ncc(-c3ccc(N4CCOCC4)cc3)c(OCC3CCNC3)n2)CC1. The fourth-order valence-electron chi connectivity index (χ4n) is 5.06. The highest BCUT2D eigenvalue weighted by Crippen LogP contribution is 2.32. The smallest absolute Gasteiger partial charge is 0.226 e. The lowest BCUT2D eigenvalue weighted by Gasteiger charge is -2.29. The summed E-state index contributed by atoms with van der Waals surface area (Å²) in [5.74, 6) is 2.73. The molecule has 0 spiro atoms. The van der Waals surface area contributed by atoms with E-state index < -0.39 is 0 Å². The standard InChI is InChI=1S/C26H37N5O2/c1-19-2-6-22(7-3-19)29-26-28-17-24(25(30-26)33-18-20-10-11-27-16-20)21-4-8-23(9-5-21)31-12-14-32-15-13-31/h4-5,8-9,17,19-20,22,27H,2-3,6-7,10-16,18H2,1H3,(H,28,29,30). The molecule has 5 rings (SSSR count). The van der Waals surface area contributed by atoms with Crippen molar-refractivity contribution < 1.29 is 9.47 Å². The van der Waals surface area contributed by atoms with Crippen LogP contribution in [0.2, 0.25) is 0 Å². The van der Waals surface area contributed by atoms with Crippen LogP contribution < -0.4 is 20.3 Å². The first-order valence-electron chi connectivity index (χ1n) is 12.6. The fraction of sp³-hybridized carbons (Fsp3) is 0.615. The molecule has 3 heterocycles. The molecule has 2 N–H and O–H groups in total. The number of rotatable bonds is 7. The molecule has 1 aromatic carbocycles. The minimum absolute atomic E-state index is 0.451. The molecular formula is C26H37N5O2. The lowest BCUT2D eigenvalue weighted by Crippen LogP contribution is -2.36. The first-order chi connectivity index (χ1) is 16.2. The number of ether oxygens (including phenoxy) is 2. The molecule has 1 atom stereocenters. The van der Waals surface area contributed by atoms with Crippen molar-refractivity contribution in [3.63, 3.8) is 0 Å². The average molecular weight is 452 g/mol. The average Bonchev–Trinajstić information content (AvgIpc) is 3.39. The summed E-state index contributed by atoms with van der Waals surface area (Å²) in [6.45, 7) is 8.56. The van der Waals surface area contributed by atoms with E-state index in [2.05, 4.69) is 51.7 Å². The lowest BCUT2D eigenvalue weighted by molar-refractivity contribution is 0.122. The second-order valence-corrected chi connectivity index (χ2v) is 9.83. The van der Waals surface area contributed by atoms with Gasteiger partial charge in [0.15, 0.2) is 0 Å². The second kappa shape index (κ2) is 10.7. The second-order valence-electron chi connectivity index (χ2n) is 9.83. The van der Waals surface area contributed by atoms with Gasteiger partial charge in [0, 0.05) is 43.5 Å². The molecule has 1 aromatic heterocycles. The van der Waals surface area contributed by atoms with Gasteiger partial charge in [-0.15, -0.1) is 0 Å². The molecule has 33 heavy (non-hydrogen) atoms. The zero-order chi connectivity index (χ0) is 22.5. The Hall–Kier alpha value is -2.38. The van der Waals surface area contributed by atoms with Gasteiger partial charge in [0.05, 0.1) is 25.4 Å². The zero-order valence-electron chi connectivity index (χ0n) is 19.8. The topological polar surface area (TPSA) is 71.5 Å². The van der Waals surface area contributed by atoms with Crippen molar-refractivity contribution in [1.82, 2.24) is 15.3 Å². The Morgan fingerprint density at radius 1 is 1.09 bits per heavy atom. The Balaban J connectivity index is 1.34. The molecule has 1 saturated carbocycles. The predicted molar refractivity (Wildman–Crippen MR) is 132 cm³/mol. The van der Waals surface area contributed by atoms with Crippen LogP contribution in [-0.4, -0.2) is 62.0 Å². The maximum Gasteiger partial charge on any atom is 0.226 e. The summed E-state index contributed by atoms with van der Waals surface area (Å²) < 4.78 is 11.8. The first kappa shape index (κ1) is 22.4. The van der Waals surface area contributed by atoms with Crippen molar-refractivity contribution in [2.45, 2.75) is 45.1 Å². The summed E-state index contributed by atoms with van der Waals surface area (Å²) >= 11 is 0. The largest absolute Gasteiger partial charge is 0.477 e. The molecule has 2 aromatic rings. The number of hydrogen-bond acceptors (Lipinski definition) is 7. The van der Waals surface area contributed by atoms with Crippen LogP contribution >= 0.6 is 0 Å². The molecule has 2 aliphatic heterocycles. The summed E-state index contributed by atoms with van der Waals surface area (Å²) in [6.07, 6.45) is 7.97. The van der Waals surface area contributed by atoms with Crippen LogP contribution in [0.5, 0.6) is 5.88 Å². The predicted octanol–water partition coefficient (Wildman–Crippen LogP) is 3.96. The van der Waals surface area contributed by atoms with Gasteiger partial charge in [0.2, 0.25) is 11.8 Å². The van der Waals surface area contributed by atoms with Crippen molar-refractivity contribution >= 4 is 11.6 Å². The maximum absolute atomic E-state index is 6.31. The van der Waals surface area contributed by atoms with Gasteiger partial charge < -0.3 is 25.0 Å². The Morgan fingerprint density at radius 2 is 1.88 bits per heavy atom. The quantitative estimate of drug-likeness (QED) is 0.660. The van der Waals surface area contributed by atoms with E-state index in [0.29, 0.717) is 30.4 Å². The minimum Gasteiger partial charge on any atom is -0.477 e. The highest BCUT2D eigenvalue weighted by atomic mass is 16.5. The van der Waals surface area contributed by atoms with Gasteiger partial charge in [-0.05, 0) is 62.3 Å². The van der Waals surface area contributed by atoms with E-state index >= 15 is 0 Å². The van der Waals surface area contributed by atoms with Crippen LogP contribution in [0.15, 0.2) is 30.5 Å². The molecule has 1 aliphatic carbocycles. The third-order valence-electron chi connectivity index (χ3n) is 7.28. The molecule has 7 nitrogen and oxygen atoms in total. The lowest BCUT2D eigenvalue weighted by atomic mass is 9.87. The molecule has 0 radical (unpaired) electrons. The summed E-state index contributed by atoms with van der Waals surface area (Å²) in [5, 5.41) is 6.99. The first-order valence-corrected chi connectivity index (χ1v) is 12.6. The Kier molecular flexibility index (Phi) is 7.27. The number of morpholine rings is 1. The van der Waals surface area contributed by atoms with Crippen LogP contribution in [0, 0.1) is 11.8 Å². The van der Waals surface area contributed by atoms with Gasteiger partial charge in [0.25, 0.3) is 0 Å². The van der Waals surface area contributed by atoms with E-state index in [9.17, 15) is 0 Å². The minimum atomic E-state index is 0.451. The Morgan fingerprint density at radius 3 is 2.61 bits per heavy atom. The van der Waals surface area contributed by atoms with Crippen molar-refractivity contribution in [3.8, 4) is 17.0 Å². The highest BCUT2D eigenvalue weighted by molar-refractivity contribution is 5.70. The molecule has 1 unspecified atom stereocenters. The van der Waals surface area contributed by atoms with E-state index in [1.165, 1.54) is 31.4 Å². The van der Waals surface area contributed by atoms with Gasteiger partial charge in [0.1, 0.15) is 0 Å². The van der Waals surface area contributed by atoms with Crippen LogP contribution in [0.1, 0.15) is 39.0 Å². The third kappa shape index (κ3) is 5.76. The van der Waals surface area contributed by atoms with Gasteiger partial charge >= 0.3 is 0 Å². The van der Waals surface area contributed by atoms with Gasteiger partial charge in [-0.3, -0.25) is 0 Å². The van der Waals surface area contributed by atoms with Crippen molar-refractivity contribution in [2.75, 3.05) is 56.2 Å². The number of anilines is 2. The van der Waals surface area contributed by atoms with E-state index in [0.717, 1.165) is 62.9 Å². The number of nitrogens with one attached hydrogen (secondary N) is 2.